The van der Waals surface area contributed by atoms with E-state index < -0.39 is 11.2 Å². The van der Waals surface area contributed by atoms with Gasteiger partial charge in [-0.15, -0.1) is 10.2 Å². The number of anilines is 1. The average molecular weight is 253 g/mol. The van der Waals surface area contributed by atoms with Gasteiger partial charge in [0, 0.05) is 6.54 Å². The summed E-state index contributed by atoms with van der Waals surface area (Å²) in [5, 5.41) is 8.77. The first-order chi connectivity index (χ1) is 7.47. The van der Waals surface area contributed by atoms with Gasteiger partial charge >= 0.3 is 6.18 Å². The van der Waals surface area contributed by atoms with E-state index in [-0.39, 0.29) is 5.13 Å². The predicted octanol–water partition coefficient (Wildman–Crippen LogP) is 3.41. The van der Waals surface area contributed by atoms with Crippen molar-refractivity contribution in [3.05, 3.63) is 5.01 Å². The van der Waals surface area contributed by atoms with E-state index in [4.69, 9.17) is 0 Å². The van der Waals surface area contributed by atoms with Gasteiger partial charge in [-0.2, -0.15) is 13.2 Å². The summed E-state index contributed by atoms with van der Waals surface area (Å²) in [7, 11) is 0. The van der Waals surface area contributed by atoms with Crippen molar-refractivity contribution in [2.24, 2.45) is 5.92 Å². The Balaban J connectivity index is 2.53. The summed E-state index contributed by atoms with van der Waals surface area (Å²) in [5.41, 5.74) is 0. The SMILES string of the molecule is CCC(CC)CNc1nnc(C(F)(F)F)s1. The highest BCUT2D eigenvalue weighted by Crippen LogP contribution is 2.33. The third kappa shape index (κ3) is 3.62. The summed E-state index contributed by atoms with van der Waals surface area (Å²) in [5.74, 6) is 0.457. The van der Waals surface area contributed by atoms with Gasteiger partial charge in [0.05, 0.1) is 0 Å². The Morgan fingerprint density at radius 1 is 1.25 bits per heavy atom. The second-order valence-corrected chi connectivity index (χ2v) is 4.45. The molecule has 0 amide bonds. The highest BCUT2D eigenvalue weighted by molar-refractivity contribution is 7.15. The molecule has 0 atom stereocenters. The van der Waals surface area contributed by atoms with Gasteiger partial charge < -0.3 is 5.32 Å². The van der Waals surface area contributed by atoms with Crippen LogP contribution in [-0.4, -0.2) is 16.7 Å². The van der Waals surface area contributed by atoms with Gasteiger partial charge in [0.1, 0.15) is 0 Å². The summed E-state index contributed by atoms with van der Waals surface area (Å²) in [6, 6.07) is 0. The Bertz CT molecular complexity index is 320. The van der Waals surface area contributed by atoms with Crippen LogP contribution in [-0.2, 0) is 6.18 Å². The molecule has 0 spiro atoms. The van der Waals surface area contributed by atoms with Crippen molar-refractivity contribution in [3.8, 4) is 0 Å². The Hall–Kier alpha value is -0.850. The molecule has 0 unspecified atom stereocenters. The standard InChI is InChI=1S/C9H14F3N3S/c1-3-6(4-2)5-13-8-15-14-7(16-8)9(10,11)12/h6H,3-5H2,1-2H3,(H,13,15). The van der Waals surface area contributed by atoms with E-state index in [9.17, 15) is 13.2 Å². The normalized spacial score (nSPS) is 12.1. The van der Waals surface area contributed by atoms with E-state index in [1.807, 2.05) is 0 Å². The molecule has 0 aliphatic rings. The maximum atomic E-state index is 12.2. The predicted molar refractivity (Wildman–Crippen MR) is 57.5 cm³/mol. The van der Waals surface area contributed by atoms with E-state index in [0.29, 0.717) is 23.8 Å². The summed E-state index contributed by atoms with van der Waals surface area (Å²) in [6.07, 6.45) is -2.41. The maximum absolute atomic E-state index is 12.2. The van der Waals surface area contributed by atoms with Gasteiger partial charge in [0.25, 0.3) is 0 Å². The molecule has 1 rings (SSSR count). The Kier molecular flexibility index (Phi) is 4.52. The van der Waals surface area contributed by atoms with Crippen LogP contribution in [0, 0.1) is 5.92 Å². The molecule has 0 aromatic carbocycles. The van der Waals surface area contributed by atoms with Crippen LogP contribution in [0.25, 0.3) is 0 Å². The molecule has 0 aliphatic carbocycles. The van der Waals surface area contributed by atoms with Crippen molar-refractivity contribution in [1.82, 2.24) is 10.2 Å². The zero-order valence-corrected chi connectivity index (χ0v) is 9.95. The number of alkyl halides is 3. The van der Waals surface area contributed by atoms with Crippen LogP contribution >= 0.6 is 11.3 Å². The monoisotopic (exact) mass is 253 g/mol. The van der Waals surface area contributed by atoms with Crippen molar-refractivity contribution in [2.45, 2.75) is 32.9 Å². The molecule has 0 aliphatic heterocycles. The Morgan fingerprint density at radius 3 is 2.31 bits per heavy atom. The fraction of sp³-hybridized carbons (Fsp3) is 0.778. The molecule has 0 radical (unpaired) electrons. The molecular formula is C9H14F3N3S. The average Bonchev–Trinajstić information content (AvgIpc) is 2.67. The van der Waals surface area contributed by atoms with Gasteiger partial charge in [-0.1, -0.05) is 38.0 Å². The second-order valence-electron chi connectivity index (χ2n) is 3.47. The molecular weight excluding hydrogens is 239 g/mol. The van der Waals surface area contributed by atoms with E-state index in [1.54, 1.807) is 0 Å². The smallest absolute Gasteiger partial charge is 0.360 e. The van der Waals surface area contributed by atoms with Crippen molar-refractivity contribution in [3.63, 3.8) is 0 Å². The van der Waals surface area contributed by atoms with E-state index in [2.05, 4.69) is 29.4 Å². The number of nitrogens with one attached hydrogen (secondary N) is 1. The lowest BCUT2D eigenvalue weighted by atomic mass is 10.0. The third-order valence-electron chi connectivity index (χ3n) is 2.36. The topological polar surface area (TPSA) is 37.8 Å². The fourth-order valence-corrected chi connectivity index (χ4v) is 1.84. The van der Waals surface area contributed by atoms with Crippen LogP contribution in [0.2, 0.25) is 0 Å². The quantitative estimate of drug-likeness (QED) is 0.873. The summed E-state index contributed by atoms with van der Waals surface area (Å²) < 4.78 is 36.6. The lowest BCUT2D eigenvalue weighted by Gasteiger charge is -2.11. The molecule has 0 fully saturated rings. The molecule has 7 heteroatoms. The molecule has 16 heavy (non-hydrogen) atoms. The molecule has 0 bridgehead atoms. The minimum atomic E-state index is -4.40. The van der Waals surface area contributed by atoms with Crippen molar-refractivity contribution < 1.29 is 13.2 Å². The lowest BCUT2D eigenvalue weighted by molar-refractivity contribution is -0.138. The van der Waals surface area contributed by atoms with Crippen LogP contribution in [0.4, 0.5) is 18.3 Å². The maximum Gasteiger partial charge on any atom is 0.445 e. The number of rotatable bonds is 5. The number of hydrogen-bond acceptors (Lipinski definition) is 4. The Labute approximate surface area is 96.1 Å². The molecule has 3 nitrogen and oxygen atoms in total. The van der Waals surface area contributed by atoms with Crippen LogP contribution in [0.1, 0.15) is 31.7 Å². The number of nitrogens with zero attached hydrogens (tertiary/aromatic N) is 2. The minimum Gasteiger partial charge on any atom is -0.360 e. The molecule has 1 aromatic rings. The van der Waals surface area contributed by atoms with Crippen molar-refractivity contribution >= 4 is 16.5 Å². The first kappa shape index (κ1) is 13.2. The highest BCUT2D eigenvalue weighted by atomic mass is 32.1. The molecule has 0 saturated heterocycles. The van der Waals surface area contributed by atoms with Gasteiger partial charge in [-0.3, -0.25) is 0 Å². The first-order valence-corrected chi connectivity index (χ1v) is 5.93. The lowest BCUT2D eigenvalue weighted by Crippen LogP contribution is -2.12. The number of halogens is 3. The third-order valence-corrected chi connectivity index (χ3v) is 3.29. The molecule has 1 aromatic heterocycles. The zero-order chi connectivity index (χ0) is 12.2. The van der Waals surface area contributed by atoms with Gasteiger partial charge in [-0.25, -0.2) is 0 Å². The van der Waals surface area contributed by atoms with Gasteiger partial charge in [-0.05, 0) is 5.92 Å². The van der Waals surface area contributed by atoms with Crippen LogP contribution in [0.5, 0.6) is 0 Å². The van der Waals surface area contributed by atoms with Crippen LogP contribution in [0.15, 0.2) is 0 Å². The van der Waals surface area contributed by atoms with Crippen molar-refractivity contribution in [1.29, 1.82) is 0 Å². The second kappa shape index (κ2) is 5.47. The van der Waals surface area contributed by atoms with Crippen LogP contribution in [0.3, 0.4) is 0 Å². The van der Waals surface area contributed by atoms with Gasteiger partial charge in [0.15, 0.2) is 0 Å². The van der Waals surface area contributed by atoms with E-state index >= 15 is 0 Å². The van der Waals surface area contributed by atoms with E-state index in [0.717, 1.165) is 12.8 Å². The molecule has 1 N–H and O–H groups in total. The van der Waals surface area contributed by atoms with Crippen molar-refractivity contribution in [2.75, 3.05) is 11.9 Å². The highest BCUT2D eigenvalue weighted by Gasteiger charge is 2.35. The first-order valence-electron chi connectivity index (χ1n) is 5.11. The fourth-order valence-electron chi connectivity index (χ4n) is 1.22. The van der Waals surface area contributed by atoms with E-state index in [1.165, 1.54) is 0 Å². The Morgan fingerprint density at radius 2 is 1.88 bits per heavy atom. The number of hydrogen-bond donors (Lipinski definition) is 1. The largest absolute Gasteiger partial charge is 0.445 e. The summed E-state index contributed by atoms with van der Waals surface area (Å²) in [6.45, 7) is 4.74. The summed E-state index contributed by atoms with van der Waals surface area (Å²) in [4.78, 5) is 0. The minimum absolute atomic E-state index is 0.235. The van der Waals surface area contributed by atoms with Crippen LogP contribution < -0.4 is 5.32 Å². The number of aromatic nitrogens is 2. The van der Waals surface area contributed by atoms with Gasteiger partial charge in [0.2, 0.25) is 10.1 Å². The molecule has 1 heterocycles. The molecule has 0 saturated carbocycles. The summed E-state index contributed by atoms with van der Waals surface area (Å²) >= 11 is 0.544. The molecule has 92 valence electrons. The zero-order valence-electron chi connectivity index (χ0n) is 9.14.